The molecule has 1 aromatic carbocycles. The number of amides is 1. The van der Waals surface area contributed by atoms with Crippen LogP contribution in [-0.4, -0.2) is 65.8 Å². The zero-order valence-electron chi connectivity index (χ0n) is 17.6. The van der Waals surface area contributed by atoms with Gasteiger partial charge in [-0.1, -0.05) is 0 Å². The lowest BCUT2D eigenvalue weighted by Crippen LogP contribution is -2.38. The van der Waals surface area contributed by atoms with Crippen molar-refractivity contribution in [3.8, 4) is 22.6 Å². The third-order valence-electron chi connectivity index (χ3n) is 5.51. The number of nitrogens with one attached hydrogen (secondary N) is 1. The molecule has 0 aliphatic carbocycles. The van der Waals surface area contributed by atoms with Gasteiger partial charge < -0.3 is 14.6 Å². The smallest absolute Gasteiger partial charge is 0.286 e. The number of hydrogen-bond acceptors (Lipinski definition) is 6. The van der Waals surface area contributed by atoms with Gasteiger partial charge in [0.2, 0.25) is 0 Å². The number of carbonyl (C=O) groups is 1. The minimum Gasteiger partial charge on any atom is -0.379 e. The number of aromatic nitrogens is 5. The Balaban J connectivity index is 1.53. The highest BCUT2D eigenvalue weighted by Crippen LogP contribution is 2.30. The summed E-state index contributed by atoms with van der Waals surface area (Å²) in [6, 6.07) is 10.0. The molecule has 1 saturated heterocycles. The topological polar surface area (TPSA) is 89.6 Å². The van der Waals surface area contributed by atoms with Crippen molar-refractivity contribution in [3.63, 3.8) is 0 Å². The third-order valence-corrected chi connectivity index (χ3v) is 5.77. The fraction of sp³-hybridized carbons (Fsp3) is 0.273. The number of rotatable bonds is 6. The van der Waals surface area contributed by atoms with Gasteiger partial charge in [0.1, 0.15) is 11.5 Å². The number of hydrogen-bond donors (Lipinski definition) is 1. The van der Waals surface area contributed by atoms with E-state index in [0.29, 0.717) is 17.2 Å². The predicted molar refractivity (Wildman–Crippen MR) is 130 cm³/mol. The number of morpholine rings is 1. The molecule has 4 heterocycles. The van der Waals surface area contributed by atoms with E-state index in [9.17, 15) is 9.18 Å². The molecule has 9 nitrogen and oxygen atoms in total. The van der Waals surface area contributed by atoms with E-state index in [-0.39, 0.29) is 9.73 Å². The fourth-order valence-corrected chi connectivity index (χ4v) is 4.16. The number of imidazole rings is 2. The average Bonchev–Trinajstić information content (AvgIpc) is 3.41. The summed E-state index contributed by atoms with van der Waals surface area (Å²) in [6.45, 7) is 4.87. The molecule has 3 aromatic heterocycles. The Morgan fingerprint density at radius 3 is 2.67 bits per heavy atom. The number of halogens is 2. The molecule has 0 saturated carbocycles. The third kappa shape index (κ3) is 4.89. The van der Waals surface area contributed by atoms with Crippen LogP contribution in [0.25, 0.3) is 28.3 Å². The van der Waals surface area contributed by atoms with Crippen molar-refractivity contribution < 1.29 is 13.9 Å². The summed E-state index contributed by atoms with van der Waals surface area (Å²) in [7, 11) is 0. The second-order valence-corrected chi connectivity index (χ2v) is 8.62. The number of ether oxygens (including phenoxy) is 1. The number of anilines is 1. The lowest BCUT2D eigenvalue weighted by atomic mass is 10.1. The van der Waals surface area contributed by atoms with Crippen LogP contribution in [0.2, 0.25) is 0 Å². The highest BCUT2D eigenvalue weighted by Gasteiger charge is 2.19. The molecule has 4 aromatic rings. The highest BCUT2D eigenvalue weighted by molar-refractivity contribution is 14.1. The number of benzene rings is 1. The molecule has 1 amide bonds. The molecule has 0 spiro atoms. The van der Waals surface area contributed by atoms with E-state index in [4.69, 9.17) is 9.84 Å². The van der Waals surface area contributed by atoms with E-state index >= 15 is 0 Å². The van der Waals surface area contributed by atoms with Crippen LogP contribution in [0.3, 0.4) is 0 Å². The van der Waals surface area contributed by atoms with E-state index in [0.717, 1.165) is 56.3 Å². The fourth-order valence-electron chi connectivity index (χ4n) is 3.88. The molecule has 170 valence electrons. The standard InChI is InChI=1S/C22H21FIN7O2/c23-16-3-1-15(2-4-16)20-21(30(14-25-20)8-7-29-9-11-33-12-10-29)17-5-6-19-26-18(27-22(24)32)13-31(19)28-17/h1-6,13-14H,7-12H2,(H,27,32). The first-order chi connectivity index (χ1) is 16.1. The van der Waals surface area contributed by atoms with Gasteiger partial charge in [-0.05, 0) is 36.4 Å². The van der Waals surface area contributed by atoms with Crippen molar-refractivity contribution in [1.82, 2.24) is 29.0 Å². The molecule has 1 fully saturated rings. The largest absolute Gasteiger partial charge is 0.379 e. The molecule has 1 aliphatic heterocycles. The van der Waals surface area contributed by atoms with Gasteiger partial charge >= 0.3 is 0 Å². The van der Waals surface area contributed by atoms with Crippen molar-refractivity contribution in [2.45, 2.75) is 6.54 Å². The van der Waals surface area contributed by atoms with E-state index in [1.165, 1.54) is 12.1 Å². The molecular weight excluding hydrogens is 540 g/mol. The summed E-state index contributed by atoms with van der Waals surface area (Å²) in [6.07, 6.45) is 3.47. The molecule has 1 N–H and O–H groups in total. The molecule has 1 aliphatic rings. The Hall–Kier alpha value is -2.90. The molecule has 0 bridgehead atoms. The van der Waals surface area contributed by atoms with Crippen molar-refractivity contribution in [2.24, 2.45) is 0 Å². The summed E-state index contributed by atoms with van der Waals surface area (Å²) < 4.78 is 22.5. The molecule has 0 unspecified atom stereocenters. The van der Waals surface area contributed by atoms with Crippen LogP contribution < -0.4 is 5.32 Å². The van der Waals surface area contributed by atoms with Gasteiger partial charge in [0.05, 0.1) is 37.1 Å². The zero-order valence-corrected chi connectivity index (χ0v) is 19.8. The second-order valence-electron chi connectivity index (χ2n) is 7.64. The number of fused-ring (bicyclic) bond motifs is 1. The van der Waals surface area contributed by atoms with Crippen molar-refractivity contribution >= 4 is 38.0 Å². The van der Waals surface area contributed by atoms with Gasteiger partial charge in [0.15, 0.2) is 11.5 Å². The highest BCUT2D eigenvalue weighted by atomic mass is 127. The molecular formula is C22H21FIN7O2. The van der Waals surface area contributed by atoms with Gasteiger partial charge in [0.25, 0.3) is 3.91 Å². The molecule has 0 atom stereocenters. The van der Waals surface area contributed by atoms with E-state index in [1.54, 1.807) is 51.8 Å². The quantitative estimate of drug-likeness (QED) is 0.220. The van der Waals surface area contributed by atoms with Crippen molar-refractivity contribution in [1.29, 1.82) is 0 Å². The van der Waals surface area contributed by atoms with Gasteiger partial charge in [-0.2, -0.15) is 5.10 Å². The maximum absolute atomic E-state index is 13.5. The van der Waals surface area contributed by atoms with Crippen LogP contribution >= 0.6 is 22.6 Å². The minimum atomic E-state index is -0.296. The van der Waals surface area contributed by atoms with Crippen LogP contribution in [-0.2, 0) is 11.3 Å². The van der Waals surface area contributed by atoms with Crippen LogP contribution in [0.4, 0.5) is 15.0 Å². The van der Waals surface area contributed by atoms with Gasteiger partial charge in [-0.25, -0.2) is 18.9 Å². The van der Waals surface area contributed by atoms with Crippen molar-refractivity contribution in [3.05, 3.63) is 54.7 Å². The Kier molecular flexibility index (Phi) is 6.33. The first-order valence-corrected chi connectivity index (χ1v) is 11.6. The maximum Gasteiger partial charge on any atom is 0.286 e. The van der Waals surface area contributed by atoms with Crippen LogP contribution in [0.15, 0.2) is 48.9 Å². The van der Waals surface area contributed by atoms with Crippen LogP contribution in [0, 0.1) is 5.82 Å². The maximum atomic E-state index is 13.5. The molecule has 33 heavy (non-hydrogen) atoms. The van der Waals surface area contributed by atoms with E-state index in [2.05, 4.69) is 24.8 Å². The number of nitrogens with zero attached hydrogens (tertiary/aromatic N) is 6. The van der Waals surface area contributed by atoms with E-state index in [1.807, 2.05) is 12.1 Å². The Bertz CT molecular complexity index is 1280. The Morgan fingerprint density at radius 2 is 1.91 bits per heavy atom. The first kappa shape index (κ1) is 21.9. The predicted octanol–water partition coefficient (Wildman–Crippen LogP) is 3.70. The molecule has 0 radical (unpaired) electrons. The first-order valence-electron chi connectivity index (χ1n) is 10.5. The lowest BCUT2D eigenvalue weighted by molar-refractivity contribution is 0.0364. The van der Waals surface area contributed by atoms with Crippen LogP contribution in [0.5, 0.6) is 0 Å². The number of carbonyl (C=O) groups excluding carboxylic acids is 1. The van der Waals surface area contributed by atoms with Crippen molar-refractivity contribution in [2.75, 3.05) is 38.2 Å². The SMILES string of the molecule is O=C(I)Nc1cn2nc(-c3c(-c4ccc(F)cc4)ncn3CCN3CCOCC3)ccc2n1. The Morgan fingerprint density at radius 1 is 1.12 bits per heavy atom. The molecule has 11 heteroatoms. The Labute approximate surface area is 202 Å². The van der Waals surface area contributed by atoms with E-state index < -0.39 is 0 Å². The van der Waals surface area contributed by atoms with Crippen LogP contribution in [0.1, 0.15) is 0 Å². The summed E-state index contributed by atoms with van der Waals surface area (Å²) in [5.74, 6) is 0.133. The summed E-state index contributed by atoms with van der Waals surface area (Å²) in [5.41, 5.74) is 3.68. The summed E-state index contributed by atoms with van der Waals surface area (Å²) >= 11 is 1.66. The normalized spacial score (nSPS) is 14.6. The van der Waals surface area contributed by atoms with Gasteiger partial charge in [-0.15, -0.1) is 0 Å². The minimum absolute atomic E-state index is 0.226. The van der Waals surface area contributed by atoms with Gasteiger partial charge in [-0.3, -0.25) is 9.69 Å². The lowest BCUT2D eigenvalue weighted by Gasteiger charge is -2.26. The van der Waals surface area contributed by atoms with Gasteiger partial charge in [0, 0.05) is 54.3 Å². The monoisotopic (exact) mass is 561 g/mol. The summed E-state index contributed by atoms with van der Waals surface area (Å²) in [5, 5.41) is 7.40. The molecule has 5 rings (SSSR count). The second kappa shape index (κ2) is 9.53. The zero-order chi connectivity index (χ0) is 22.8. The average molecular weight is 561 g/mol. The summed E-state index contributed by atoms with van der Waals surface area (Å²) in [4.78, 5) is 22.8.